The molecular weight excluding hydrogens is 268 g/mol. The normalized spacial score (nSPS) is 11.9. The van der Waals surface area contributed by atoms with Gasteiger partial charge >= 0.3 is 0 Å². The summed E-state index contributed by atoms with van der Waals surface area (Å²) in [6.45, 7) is 9.70. The molecule has 20 heavy (non-hydrogen) atoms. The lowest BCUT2D eigenvalue weighted by Gasteiger charge is -2.27. The molecule has 0 aliphatic carbocycles. The summed E-state index contributed by atoms with van der Waals surface area (Å²) in [5, 5.41) is 5.62. The van der Waals surface area contributed by atoms with Crippen molar-refractivity contribution in [3.8, 4) is 0 Å². The highest BCUT2D eigenvalue weighted by Crippen LogP contribution is 2.26. The largest absolute Gasteiger partial charge is 0.355 e. The van der Waals surface area contributed by atoms with E-state index >= 15 is 0 Å². The van der Waals surface area contributed by atoms with Crippen LogP contribution < -0.4 is 10.2 Å². The Hall–Kier alpha value is -1.07. The predicted octanol–water partition coefficient (Wildman–Crippen LogP) is 3.52. The van der Waals surface area contributed by atoms with Crippen molar-refractivity contribution in [3.63, 3.8) is 0 Å². The Morgan fingerprint density at radius 1 is 1.35 bits per heavy atom. The maximum Gasteiger partial charge on any atom is 0.195 e. The molecule has 0 radical (unpaired) electrons. The molecule has 0 aliphatic rings. The van der Waals surface area contributed by atoms with Gasteiger partial charge in [0.2, 0.25) is 0 Å². The molecule has 112 valence electrons. The van der Waals surface area contributed by atoms with Crippen molar-refractivity contribution in [3.05, 3.63) is 17.3 Å². The van der Waals surface area contributed by atoms with Gasteiger partial charge in [-0.1, -0.05) is 27.7 Å². The zero-order chi connectivity index (χ0) is 14.7. The fraction of sp³-hybridized carbons (Fsp3) is 0.667. The second kappa shape index (κ2) is 6.59. The van der Waals surface area contributed by atoms with Crippen molar-refractivity contribution in [2.45, 2.75) is 59.2 Å². The lowest BCUT2D eigenvalue weighted by molar-refractivity contribution is 0.565. The predicted molar refractivity (Wildman–Crippen MR) is 87.8 cm³/mol. The van der Waals surface area contributed by atoms with E-state index in [2.05, 4.69) is 60.9 Å². The topological polar surface area (TPSA) is 32.6 Å². The molecule has 0 amide bonds. The molecule has 0 fully saturated rings. The Morgan fingerprint density at radius 2 is 2.05 bits per heavy atom. The zero-order valence-corrected chi connectivity index (χ0v) is 14.0. The minimum Gasteiger partial charge on any atom is -0.355 e. The molecule has 0 unspecified atom stereocenters. The third-order valence-electron chi connectivity index (χ3n) is 3.84. The van der Waals surface area contributed by atoms with Gasteiger partial charge in [0.1, 0.15) is 0 Å². The second-order valence-corrected chi connectivity index (χ2v) is 6.43. The monoisotopic (exact) mass is 294 g/mol. The van der Waals surface area contributed by atoms with E-state index in [-0.39, 0.29) is 0 Å². The Morgan fingerprint density at radius 3 is 2.65 bits per heavy atom. The SMILES string of the molecule is CCC(CC)N(C)c1nc2sccn2c1CNC(C)C. The molecule has 2 rings (SSSR count). The highest BCUT2D eigenvalue weighted by atomic mass is 32.1. The lowest BCUT2D eigenvalue weighted by atomic mass is 10.1. The van der Waals surface area contributed by atoms with Crippen molar-refractivity contribution >= 4 is 22.1 Å². The van der Waals surface area contributed by atoms with Crippen LogP contribution in [0.1, 0.15) is 46.2 Å². The van der Waals surface area contributed by atoms with Crippen LogP contribution in [0.4, 0.5) is 5.82 Å². The Balaban J connectivity index is 2.35. The number of imidazole rings is 1. The Kier molecular flexibility index (Phi) is 5.05. The average Bonchev–Trinajstić information content (AvgIpc) is 2.98. The molecule has 0 spiro atoms. The first-order chi connectivity index (χ1) is 9.58. The second-order valence-electron chi connectivity index (χ2n) is 5.55. The quantitative estimate of drug-likeness (QED) is 0.848. The van der Waals surface area contributed by atoms with Crippen molar-refractivity contribution in [1.82, 2.24) is 14.7 Å². The van der Waals surface area contributed by atoms with E-state index in [4.69, 9.17) is 4.98 Å². The van der Waals surface area contributed by atoms with E-state index in [1.54, 1.807) is 11.3 Å². The van der Waals surface area contributed by atoms with Crippen LogP contribution in [0, 0.1) is 0 Å². The van der Waals surface area contributed by atoms with E-state index in [0.717, 1.165) is 30.2 Å². The molecule has 0 aromatic carbocycles. The number of nitrogens with one attached hydrogen (secondary N) is 1. The van der Waals surface area contributed by atoms with Gasteiger partial charge in [-0.2, -0.15) is 0 Å². The number of thiazole rings is 1. The van der Waals surface area contributed by atoms with E-state index in [1.165, 1.54) is 5.69 Å². The number of hydrogen-bond donors (Lipinski definition) is 1. The van der Waals surface area contributed by atoms with E-state index in [9.17, 15) is 0 Å². The average molecular weight is 294 g/mol. The molecule has 2 aromatic heterocycles. The number of nitrogens with zero attached hydrogens (tertiary/aromatic N) is 3. The summed E-state index contributed by atoms with van der Waals surface area (Å²) >= 11 is 1.70. The third-order valence-corrected chi connectivity index (χ3v) is 4.60. The first-order valence-corrected chi connectivity index (χ1v) is 8.37. The number of fused-ring (bicyclic) bond motifs is 1. The highest BCUT2D eigenvalue weighted by molar-refractivity contribution is 7.15. The van der Waals surface area contributed by atoms with Crippen LogP contribution in [0.3, 0.4) is 0 Å². The Labute approximate surface area is 125 Å². The summed E-state index contributed by atoms with van der Waals surface area (Å²) in [5.74, 6) is 1.12. The van der Waals surface area contributed by atoms with Crippen molar-refractivity contribution in [2.75, 3.05) is 11.9 Å². The van der Waals surface area contributed by atoms with E-state index in [0.29, 0.717) is 12.1 Å². The van der Waals surface area contributed by atoms with Crippen molar-refractivity contribution < 1.29 is 0 Å². The van der Waals surface area contributed by atoms with Crippen LogP contribution >= 0.6 is 11.3 Å². The van der Waals surface area contributed by atoms with Crippen LogP contribution in [0.15, 0.2) is 11.6 Å². The van der Waals surface area contributed by atoms with Crippen molar-refractivity contribution in [1.29, 1.82) is 0 Å². The summed E-state index contributed by atoms with van der Waals surface area (Å²) in [5.41, 5.74) is 1.27. The zero-order valence-electron chi connectivity index (χ0n) is 13.2. The molecular formula is C15H26N4S. The van der Waals surface area contributed by atoms with Crippen LogP contribution in [-0.2, 0) is 6.54 Å². The molecule has 2 aromatic rings. The highest BCUT2D eigenvalue weighted by Gasteiger charge is 2.20. The third kappa shape index (κ3) is 2.99. The van der Waals surface area contributed by atoms with Gasteiger partial charge in [-0.05, 0) is 12.8 Å². The summed E-state index contributed by atoms with van der Waals surface area (Å²) in [6, 6.07) is 1.03. The molecule has 0 saturated carbocycles. The summed E-state index contributed by atoms with van der Waals surface area (Å²) in [6.07, 6.45) is 4.42. The van der Waals surface area contributed by atoms with Gasteiger partial charge < -0.3 is 10.2 Å². The summed E-state index contributed by atoms with van der Waals surface area (Å²) in [7, 11) is 2.17. The van der Waals surface area contributed by atoms with Gasteiger partial charge in [-0.15, -0.1) is 11.3 Å². The molecule has 2 heterocycles. The Bertz CT molecular complexity index is 539. The fourth-order valence-electron chi connectivity index (χ4n) is 2.58. The van der Waals surface area contributed by atoms with Crippen LogP contribution in [-0.4, -0.2) is 28.5 Å². The van der Waals surface area contributed by atoms with Gasteiger partial charge in [-0.25, -0.2) is 4.98 Å². The number of aromatic nitrogens is 2. The summed E-state index contributed by atoms with van der Waals surface area (Å²) in [4.78, 5) is 8.26. The van der Waals surface area contributed by atoms with Gasteiger partial charge in [0.05, 0.1) is 5.69 Å². The van der Waals surface area contributed by atoms with Gasteiger partial charge in [0.25, 0.3) is 0 Å². The van der Waals surface area contributed by atoms with Gasteiger partial charge in [-0.3, -0.25) is 4.40 Å². The standard InChI is InChI=1S/C15H26N4S/c1-6-12(7-2)18(5)14-13(10-16-11(3)4)19-8-9-20-15(19)17-14/h8-9,11-12,16H,6-7,10H2,1-5H3. The summed E-state index contributed by atoms with van der Waals surface area (Å²) < 4.78 is 2.22. The maximum atomic E-state index is 4.83. The molecule has 1 N–H and O–H groups in total. The van der Waals surface area contributed by atoms with Crippen LogP contribution in [0.2, 0.25) is 0 Å². The molecule has 0 atom stereocenters. The van der Waals surface area contributed by atoms with Gasteiger partial charge in [0.15, 0.2) is 10.8 Å². The van der Waals surface area contributed by atoms with E-state index in [1.807, 2.05) is 0 Å². The number of rotatable bonds is 7. The first kappa shape index (κ1) is 15.3. The van der Waals surface area contributed by atoms with Gasteiger partial charge in [0, 0.05) is 37.3 Å². The minimum absolute atomic E-state index is 0.477. The van der Waals surface area contributed by atoms with E-state index < -0.39 is 0 Å². The van der Waals surface area contributed by atoms with Crippen molar-refractivity contribution in [2.24, 2.45) is 0 Å². The first-order valence-electron chi connectivity index (χ1n) is 7.49. The molecule has 5 heteroatoms. The number of hydrogen-bond acceptors (Lipinski definition) is 4. The molecule has 0 bridgehead atoms. The molecule has 0 saturated heterocycles. The smallest absolute Gasteiger partial charge is 0.195 e. The number of anilines is 1. The fourth-order valence-corrected chi connectivity index (χ4v) is 3.31. The van der Waals surface area contributed by atoms with Crippen LogP contribution in [0.5, 0.6) is 0 Å². The lowest BCUT2D eigenvalue weighted by Crippen LogP contribution is -2.32. The molecule has 0 aliphatic heterocycles. The molecule has 4 nitrogen and oxygen atoms in total. The maximum absolute atomic E-state index is 4.83. The minimum atomic E-state index is 0.477. The van der Waals surface area contributed by atoms with Crippen LogP contribution in [0.25, 0.3) is 4.96 Å².